The maximum Gasteiger partial charge on any atom is 0.204 e. The number of hydrogen-bond acceptors (Lipinski definition) is 3. The van der Waals surface area contributed by atoms with Gasteiger partial charge in [-0.1, -0.05) is 68.4 Å². The van der Waals surface area contributed by atoms with Gasteiger partial charge in [0.25, 0.3) is 0 Å². The molecule has 0 saturated heterocycles. The Bertz CT molecular complexity index is 1060. The lowest BCUT2D eigenvalue weighted by Crippen LogP contribution is -2.23. The highest BCUT2D eigenvalue weighted by molar-refractivity contribution is 7.07. The summed E-state index contributed by atoms with van der Waals surface area (Å²) < 4.78 is 12.5. The van der Waals surface area contributed by atoms with Crippen molar-refractivity contribution < 1.29 is 9.47 Å². The van der Waals surface area contributed by atoms with Crippen LogP contribution in [-0.2, 0) is 17.8 Å². The van der Waals surface area contributed by atoms with Crippen molar-refractivity contribution in [1.29, 1.82) is 0 Å². The summed E-state index contributed by atoms with van der Waals surface area (Å²) in [6.07, 6.45) is 1.54. The van der Waals surface area contributed by atoms with Crippen molar-refractivity contribution in [2.45, 2.75) is 45.5 Å². The van der Waals surface area contributed by atoms with E-state index in [2.05, 4.69) is 79.2 Å². The van der Waals surface area contributed by atoms with Gasteiger partial charge in [-0.15, -0.1) is 0 Å². The molecule has 1 aromatic heterocycles. The molecule has 3 aromatic carbocycles. The summed E-state index contributed by atoms with van der Waals surface area (Å²) in [6.45, 7) is 5.04. The largest absolute Gasteiger partial charge is 0.465 e. The van der Waals surface area contributed by atoms with Gasteiger partial charge in [-0.25, -0.2) is 0 Å². The minimum Gasteiger partial charge on any atom is -0.465 e. The summed E-state index contributed by atoms with van der Waals surface area (Å²) in [5.41, 5.74) is 3.77. The smallest absolute Gasteiger partial charge is 0.204 e. The molecule has 0 aliphatic carbocycles. The monoisotopic (exact) mass is 416 g/mol. The van der Waals surface area contributed by atoms with Crippen LogP contribution in [0.15, 0.2) is 83.6 Å². The Labute approximate surface area is 183 Å². The molecule has 2 nitrogen and oxygen atoms in total. The van der Waals surface area contributed by atoms with Gasteiger partial charge in [0.15, 0.2) is 0 Å². The molecule has 0 aliphatic rings. The van der Waals surface area contributed by atoms with Crippen molar-refractivity contribution in [3.8, 4) is 5.75 Å². The van der Waals surface area contributed by atoms with Gasteiger partial charge in [-0.3, -0.25) is 0 Å². The third-order valence-corrected chi connectivity index (χ3v) is 6.28. The molecule has 0 radical (unpaired) electrons. The predicted octanol–water partition coefficient (Wildman–Crippen LogP) is 7.58. The summed E-state index contributed by atoms with van der Waals surface area (Å²) >= 11 is 1.70. The van der Waals surface area contributed by atoms with Crippen LogP contribution in [0.1, 0.15) is 42.9 Å². The minimum absolute atomic E-state index is 0.336. The highest BCUT2D eigenvalue weighted by Gasteiger charge is 2.14. The highest BCUT2D eigenvalue weighted by Crippen LogP contribution is 2.27. The molecular weight excluding hydrogens is 388 g/mol. The lowest BCUT2D eigenvalue weighted by atomic mass is 9.96. The second kappa shape index (κ2) is 9.92. The van der Waals surface area contributed by atoms with E-state index in [1.54, 1.807) is 11.3 Å². The van der Waals surface area contributed by atoms with Crippen LogP contribution in [0.3, 0.4) is 0 Å². The molecule has 0 bridgehead atoms. The Kier molecular flexibility index (Phi) is 6.83. The second-order valence-electron chi connectivity index (χ2n) is 7.76. The van der Waals surface area contributed by atoms with E-state index < -0.39 is 0 Å². The van der Waals surface area contributed by atoms with Crippen LogP contribution in [0.5, 0.6) is 5.75 Å². The van der Waals surface area contributed by atoms with Crippen molar-refractivity contribution in [3.63, 3.8) is 0 Å². The fraction of sp³-hybridized carbons (Fsp3) is 0.259. The van der Waals surface area contributed by atoms with Crippen molar-refractivity contribution >= 4 is 22.1 Å². The maximum atomic E-state index is 6.30. The Morgan fingerprint density at radius 1 is 0.867 bits per heavy atom. The van der Waals surface area contributed by atoms with Crippen LogP contribution in [0.2, 0.25) is 0 Å². The summed E-state index contributed by atoms with van der Waals surface area (Å²) in [5.74, 6) is 1.42. The standard InChI is InChI=1S/C27H28O2S/c1-3-20(2)23-9-10-25-17-26(12-11-24(25)16-23)29-27(15-22-13-14-30-19-22)28-18-21-7-5-4-6-8-21/h4-14,16-17,19-20,27H,3,15,18H2,1-2H3. The van der Waals surface area contributed by atoms with E-state index in [1.807, 2.05) is 18.2 Å². The fourth-order valence-corrected chi connectivity index (χ4v) is 4.19. The van der Waals surface area contributed by atoms with Crippen LogP contribution in [0.25, 0.3) is 10.8 Å². The summed E-state index contributed by atoms with van der Waals surface area (Å²) in [6, 6.07) is 25.4. The Balaban J connectivity index is 1.51. The average molecular weight is 417 g/mol. The first-order chi connectivity index (χ1) is 14.7. The van der Waals surface area contributed by atoms with Crippen LogP contribution in [0.4, 0.5) is 0 Å². The number of ether oxygens (including phenoxy) is 2. The van der Waals surface area contributed by atoms with Gasteiger partial charge in [0.05, 0.1) is 6.61 Å². The molecule has 4 rings (SSSR count). The quantitative estimate of drug-likeness (QED) is 0.262. The van der Waals surface area contributed by atoms with Gasteiger partial charge < -0.3 is 9.47 Å². The zero-order valence-electron chi connectivity index (χ0n) is 17.6. The van der Waals surface area contributed by atoms with Gasteiger partial charge in [0, 0.05) is 6.42 Å². The maximum absolute atomic E-state index is 6.30. The van der Waals surface area contributed by atoms with Crippen molar-refractivity contribution in [2.75, 3.05) is 0 Å². The molecular formula is C27H28O2S. The van der Waals surface area contributed by atoms with Gasteiger partial charge in [0.1, 0.15) is 5.75 Å². The first-order valence-corrected chi connectivity index (χ1v) is 11.5. The number of hydrogen-bond donors (Lipinski definition) is 0. The minimum atomic E-state index is -0.336. The molecule has 30 heavy (non-hydrogen) atoms. The van der Waals surface area contributed by atoms with Gasteiger partial charge >= 0.3 is 0 Å². The van der Waals surface area contributed by atoms with E-state index >= 15 is 0 Å². The number of thiophene rings is 1. The van der Waals surface area contributed by atoms with Crippen molar-refractivity contribution in [1.82, 2.24) is 0 Å². The first kappa shape index (κ1) is 20.6. The van der Waals surface area contributed by atoms with E-state index in [0.717, 1.165) is 24.2 Å². The molecule has 0 aliphatic heterocycles. The van der Waals surface area contributed by atoms with Crippen LogP contribution in [-0.4, -0.2) is 6.29 Å². The van der Waals surface area contributed by atoms with E-state index in [9.17, 15) is 0 Å². The Morgan fingerprint density at radius 3 is 2.43 bits per heavy atom. The lowest BCUT2D eigenvalue weighted by Gasteiger charge is -2.20. The third kappa shape index (κ3) is 5.29. The van der Waals surface area contributed by atoms with Crippen molar-refractivity contribution in [3.05, 3.63) is 100 Å². The van der Waals surface area contributed by atoms with E-state index in [-0.39, 0.29) is 6.29 Å². The molecule has 154 valence electrons. The predicted molar refractivity (Wildman–Crippen MR) is 126 cm³/mol. The third-order valence-electron chi connectivity index (χ3n) is 5.55. The van der Waals surface area contributed by atoms with E-state index in [0.29, 0.717) is 12.5 Å². The van der Waals surface area contributed by atoms with Gasteiger partial charge in [-0.2, -0.15) is 11.3 Å². The molecule has 4 aromatic rings. The van der Waals surface area contributed by atoms with Gasteiger partial charge in [0.2, 0.25) is 6.29 Å². The molecule has 0 fully saturated rings. The molecule has 2 unspecified atom stereocenters. The molecule has 3 heteroatoms. The molecule has 1 heterocycles. The summed E-state index contributed by atoms with van der Waals surface area (Å²) in [7, 11) is 0. The highest BCUT2D eigenvalue weighted by atomic mass is 32.1. The average Bonchev–Trinajstić information content (AvgIpc) is 3.30. The second-order valence-corrected chi connectivity index (χ2v) is 8.54. The zero-order valence-corrected chi connectivity index (χ0v) is 18.4. The van der Waals surface area contributed by atoms with E-state index in [1.165, 1.54) is 21.9 Å². The first-order valence-electron chi connectivity index (χ1n) is 10.6. The number of rotatable bonds is 9. The molecule has 0 amide bonds. The Hall–Kier alpha value is -2.62. The lowest BCUT2D eigenvalue weighted by molar-refractivity contribution is -0.0879. The molecule has 0 saturated carbocycles. The fourth-order valence-electron chi connectivity index (χ4n) is 3.51. The number of fused-ring (bicyclic) bond motifs is 1. The van der Waals surface area contributed by atoms with Crippen LogP contribution >= 0.6 is 11.3 Å². The van der Waals surface area contributed by atoms with Crippen molar-refractivity contribution in [2.24, 2.45) is 0 Å². The molecule has 0 spiro atoms. The zero-order chi connectivity index (χ0) is 20.8. The van der Waals surface area contributed by atoms with Crippen LogP contribution in [0, 0.1) is 0 Å². The SMILES string of the molecule is CCC(C)c1ccc2cc(OC(Cc3ccsc3)OCc3ccccc3)ccc2c1. The molecule has 2 atom stereocenters. The number of benzene rings is 3. The molecule has 0 N–H and O–H groups in total. The Morgan fingerprint density at radius 2 is 1.67 bits per heavy atom. The normalized spacial score (nSPS) is 13.3. The summed E-state index contributed by atoms with van der Waals surface area (Å²) in [5, 5.41) is 6.68. The topological polar surface area (TPSA) is 18.5 Å². The van der Waals surface area contributed by atoms with E-state index in [4.69, 9.17) is 9.47 Å². The van der Waals surface area contributed by atoms with Gasteiger partial charge in [-0.05, 0) is 68.8 Å². The van der Waals surface area contributed by atoms with Crippen LogP contribution < -0.4 is 4.74 Å². The summed E-state index contributed by atoms with van der Waals surface area (Å²) in [4.78, 5) is 0.